The molecule has 102 valence electrons. The minimum atomic E-state index is -0.628. The first kappa shape index (κ1) is 14.1. The van der Waals surface area contributed by atoms with E-state index in [9.17, 15) is 5.11 Å². The van der Waals surface area contributed by atoms with Crippen LogP contribution in [0, 0.1) is 0 Å². The first-order chi connectivity index (χ1) is 8.93. The molecule has 0 saturated heterocycles. The van der Waals surface area contributed by atoms with Crippen LogP contribution >= 0.6 is 11.3 Å². The van der Waals surface area contributed by atoms with Crippen molar-refractivity contribution >= 4 is 11.3 Å². The fraction of sp³-hybridized carbons (Fsp3) is 0.375. The molecule has 0 aliphatic carbocycles. The topological polar surface area (TPSA) is 29.5 Å². The van der Waals surface area contributed by atoms with Crippen molar-refractivity contribution in [2.24, 2.45) is 0 Å². The summed E-state index contributed by atoms with van der Waals surface area (Å²) in [6, 6.07) is 11.7. The molecule has 0 saturated carbocycles. The van der Waals surface area contributed by atoms with Crippen LogP contribution in [0.1, 0.15) is 42.2 Å². The van der Waals surface area contributed by atoms with Gasteiger partial charge in [-0.3, -0.25) is 0 Å². The summed E-state index contributed by atoms with van der Waals surface area (Å²) < 4.78 is 5.31. The van der Waals surface area contributed by atoms with Crippen molar-refractivity contribution in [1.82, 2.24) is 0 Å². The molecule has 1 heterocycles. The quantitative estimate of drug-likeness (QED) is 0.913. The van der Waals surface area contributed by atoms with Gasteiger partial charge in [0.25, 0.3) is 0 Å². The maximum atomic E-state index is 10.5. The smallest absolute Gasteiger partial charge is 0.125 e. The SMILES string of the molecule is COc1ccccc1C(O)c1ccc(C(C)(C)C)s1. The molecule has 19 heavy (non-hydrogen) atoms. The van der Waals surface area contributed by atoms with Crippen molar-refractivity contribution in [2.75, 3.05) is 7.11 Å². The molecule has 0 radical (unpaired) electrons. The van der Waals surface area contributed by atoms with E-state index in [-0.39, 0.29) is 5.41 Å². The molecule has 2 rings (SSSR count). The Morgan fingerprint density at radius 3 is 2.37 bits per heavy atom. The van der Waals surface area contributed by atoms with Gasteiger partial charge < -0.3 is 9.84 Å². The summed E-state index contributed by atoms with van der Waals surface area (Å²) in [4.78, 5) is 2.23. The number of aliphatic hydroxyl groups excluding tert-OH is 1. The van der Waals surface area contributed by atoms with Gasteiger partial charge in [-0.15, -0.1) is 11.3 Å². The van der Waals surface area contributed by atoms with Crippen LogP contribution in [0.3, 0.4) is 0 Å². The lowest BCUT2D eigenvalue weighted by molar-refractivity contribution is 0.218. The molecule has 0 bridgehead atoms. The molecule has 0 aliphatic heterocycles. The maximum Gasteiger partial charge on any atom is 0.125 e. The summed E-state index contributed by atoms with van der Waals surface area (Å²) in [6.07, 6.45) is -0.628. The van der Waals surface area contributed by atoms with Crippen LogP contribution < -0.4 is 4.74 Å². The normalized spacial score (nSPS) is 13.3. The third-order valence-corrected chi connectivity index (χ3v) is 4.63. The van der Waals surface area contributed by atoms with E-state index >= 15 is 0 Å². The number of ether oxygens (including phenoxy) is 1. The highest BCUT2D eigenvalue weighted by molar-refractivity contribution is 7.12. The summed E-state index contributed by atoms with van der Waals surface area (Å²) in [5.41, 5.74) is 0.927. The maximum absolute atomic E-state index is 10.5. The van der Waals surface area contributed by atoms with E-state index in [0.29, 0.717) is 0 Å². The second-order valence-electron chi connectivity index (χ2n) is 5.60. The Balaban J connectivity index is 2.34. The Bertz CT molecular complexity index is 552. The van der Waals surface area contributed by atoms with Gasteiger partial charge in [-0.25, -0.2) is 0 Å². The Kier molecular flexibility index (Phi) is 3.97. The molecule has 3 heteroatoms. The van der Waals surface area contributed by atoms with E-state index in [4.69, 9.17) is 4.74 Å². The molecule has 1 atom stereocenters. The average molecular weight is 276 g/mol. The number of methoxy groups -OCH3 is 1. The van der Waals surface area contributed by atoms with Gasteiger partial charge in [-0.1, -0.05) is 39.0 Å². The van der Waals surface area contributed by atoms with Crippen LogP contribution in [0.25, 0.3) is 0 Å². The fourth-order valence-electron chi connectivity index (χ4n) is 1.95. The number of hydrogen-bond acceptors (Lipinski definition) is 3. The molecule has 0 spiro atoms. The molecule has 2 aromatic rings. The molecular weight excluding hydrogens is 256 g/mol. The molecule has 1 unspecified atom stereocenters. The van der Waals surface area contributed by atoms with E-state index in [2.05, 4.69) is 26.8 Å². The number of hydrogen-bond donors (Lipinski definition) is 1. The van der Waals surface area contributed by atoms with Gasteiger partial charge in [0.15, 0.2) is 0 Å². The molecule has 1 aromatic heterocycles. The largest absolute Gasteiger partial charge is 0.496 e. The second kappa shape index (κ2) is 5.35. The van der Waals surface area contributed by atoms with Crippen molar-refractivity contribution in [1.29, 1.82) is 0 Å². The van der Waals surface area contributed by atoms with Crippen LogP contribution in [-0.2, 0) is 5.41 Å². The minimum Gasteiger partial charge on any atom is -0.496 e. The van der Waals surface area contributed by atoms with Crippen molar-refractivity contribution < 1.29 is 9.84 Å². The molecule has 0 fully saturated rings. The fourth-order valence-corrected chi connectivity index (χ4v) is 3.02. The molecule has 1 N–H and O–H groups in total. The van der Waals surface area contributed by atoms with Gasteiger partial charge in [0, 0.05) is 15.3 Å². The van der Waals surface area contributed by atoms with E-state index < -0.39 is 6.10 Å². The third kappa shape index (κ3) is 2.99. The number of thiophene rings is 1. The molecule has 1 aromatic carbocycles. The molecule has 0 aliphatic rings. The van der Waals surface area contributed by atoms with Crippen molar-refractivity contribution in [3.63, 3.8) is 0 Å². The van der Waals surface area contributed by atoms with E-state index in [1.165, 1.54) is 4.88 Å². The lowest BCUT2D eigenvalue weighted by Crippen LogP contribution is -2.07. The zero-order valence-corrected chi connectivity index (χ0v) is 12.6. The van der Waals surface area contributed by atoms with E-state index in [1.54, 1.807) is 18.4 Å². The summed E-state index contributed by atoms with van der Waals surface area (Å²) >= 11 is 1.66. The van der Waals surface area contributed by atoms with Gasteiger partial charge in [0.1, 0.15) is 11.9 Å². The van der Waals surface area contributed by atoms with Gasteiger partial charge in [-0.2, -0.15) is 0 Å². The molecule has 0 amide bonds. The van der Waals surface area contributed by atoms with Gasteiger partial charge in [0.2, 0.25) is 0 Å². The van der Waals surface area contributed by atoms with Crippen molar-refractivity contribution in [3.05, 3.63) is 51.7 Å². The summed E-state index contributed by atoms with van der Waals surface area (Å²) in [7, 11) is 1.63. The highest BCUT2D eigenvalue weighted by Crippen LogP contribution is 2.36. The summed E-state index contributed by atoms with van der Waals surface area (Å²) in [6.45, 7) is 6.54. The molecular formula is C16H20O2S. The Labute approximate surface area is 118 Å². The summed E-state index contributed by atoms with van der Waals surface area (Å²) in [5, 5.41) is 10.5. The van der Waals surface area contributed by atoms with Gasteiger partial charge in [-0.05, 0) is 23.6 Å². The average Bonchev–Trinajstić information content (AvgIpc) is 2.87. The lowest BCUT2D eigenvalue weighted by Gasteiger charge is -2.16. The predicted molar refractivity (Wildman–Crippen MR) is 80.1 cm³/mol. The number of para-hydroxylation sites is 1. The predicted octanol–water partition coefficient (Wildman–Crippen LogP) is 4.14. The number of rotatable bonds is 3. The van der Waals surface area contributed by atoms with Crippen LogP contribution in [0.15, 0.2) is 36.4 Å². The Hall–Kier alpha value is -1.32. The zero-order valence-electron chi connectivity index (χ0n) is 11.8. The minimum absolute atomic E-state index is 0.114. The van der Waals surface area contributed by atoms with Crippen LogP contribution in [-0.4, -0.2) is 12.2 Å². The van der Waals surface area contributed by atoms with Gasteiger partial charge >= 0.3 is 0 Å². The second-order valence-corrected chi connectivity index (χ2v) is 6.71. The monoisotopic (exact) mass is 276 g/mol. The molecule has 2 nitrogen and oxygen atoms in total. The van der Waals surface area contributed by atoms with Crippen LogP contribution in [0.2, 0.25) is 0 Å². The lowest BCUT2D eigenvalue weighted by atomic mass is 9.95. The zero-order chi connectivity index (χ0) is 14.0. The van der Waals surface area contributed by atoms with Crippen molar-refractivity contribution in [3.8, 4) is 5.75 Å². The summed E-state index contributed by atoms with van der Waals surface area (Å²) in [5.74, 6) is 0.723. The van der Waals surface area contributed by atoms with E-state index in [1.807, 2.05) is 30.3 Å². The number of aliphatic hydroxyl groups is 1. The highest BCUT2D eigenvalue weighted by atomic mass is 32.1. The number of benzene rings is 1. The van der Waals surface area contributed by atoms with Crippen molar-refractivity contribution in [2.45, 2.75) is 32.3 Å². The Morgan fingerprint density at radius 2 is 1.79 bits per heavy atom. The Morgan fingerprint density at radius 1 is 1.11 bits per heavy atom. The third-order valence-electron chi connectivity index (χ3n) is 3.07. The standard InChI is InChI=1S/C16H20O2S/c1-16(2,3)14-10-9-13(19-14)15(17)11-7-5-6-8-12(11)18-4/h5-10,15,17H,1-4H3. The van der Waals surface area contributed by atoms with Crippen LogP contribution in [0.4, 0.5) is 0 Å². The highest BCUT2D eigenvalue weighted by Gasteiger charge is 2.21. The van der Waals surface area contributed by atoms with Crippen LogP contribution in [0.5, 0.6) is 5.75 Å². The first-order valence-electron chi connectivity index (χ1n) is 6.34. The van der Waals surface area contributed by atoms with E-state index in [0.717, 1.165) is 16.2 Å². The van der Waals surface area contributed by atoms with Gasteiger partial charge in [0.05, 0.1) is 7.11 Å². The first-order valence-corrected chi connectivity index (χ1v) is 7.16.